The van der Waals surface area contributed by atoms with Crippen molar-refractivity contribution < 1.29 is 9.53 Å². The highest BCUT2D eigenvalue weighted by atomic mass is 16.5. The molecule has 3 atom stereocenters. The quantitative estimate of drug-likeness (QED) is 0.721. The van der Waals surface area contributed by atoms with Gasteiger partial charge in [-0.25, -0.2) is 4.79 Å². The van der Waals surface area contributed by atoms with Crippen molar-refractivity contribution in [3.05, 3.63) is 0 Å². The lowest BCUT2D eigenvalue weighted by molar-refractivity contribution is 0.139. The number of nitrogens with one attached hydrogen (secondary N) is 2. The topological polar surface area (TPSA) is 50.4 Å². The number of carbonyl (C=O) groups is 1. The van der Waals surface area contributed by atoms with Crippen molar-refractivity contribution >= 4 is 6.09 Å². The zero-order valence-corrected chi connectivity index (χ0v) is 9.29. The van der Waals surface area contributed by atoms with Gasteiger partial charge in [0, 0.05) is 6.04 Å². The number of rotatable bonds is 2. The minimum atomic E-state index is -0.257. The second kappa shape index (κ2) is 4.84. The number of ether oxygens (including phenoxy) is 1. The number of alkyl carbamates (subject to hydrolysis) is 1. The van der Waals surface area contributed by atoms with Crippen LogP contribution in [-0.2, 0) is 4.74 Å². The SMILES string of the molecule is CCOC(=O)NC1CC[C@H]2CNC[C@H]2C1. The van der Waals surface area contributed by atoms with Crippen LogP contribution in [0.5, 0.6) is 0 Å². The molecule has 0 aromatic heterocycles. The van der Waals surface area contributed by atoms with Crippen molar-refractivity contribution in [1.29, 1.82) is 0 Å². The summed E-state index contributed by atoms with van der Waals surface area (Å²) in [6.45, 7) is 4.56. The Labute approximate surface area is 90.8 Å². The van der Waals surface area contributed by atoms with Crippen molar-refractivity contribution in [1.82, 2.24) is 10.6 Å². The first-order valence-electron chi connectivity index (χ1n) is 5.93. The molecule has 1 amide bonds. The predicted molar refractivity (Wildman–Crippen MR) is 57.6 cm³/mol. The van der Waals surface area contributed by atoms with Crippen LogP contribution in [0.2, 0.25) is 0 Å². The molecular weight excluding hydrogens is 192 g/mol. The standard InChI is InChI=1S/C11H20N2O2/c1-2-15-11(14)13-10-4-3-8-6-12-7-9(8)5-10/h8-10,12H,2-7H2,1H3,(H,13,14)/t8-,9+,10?/m0/s1. The normalized spacial score (nSPS) is 34.6. The van der Waals surface area contributed by atoms with Gasteiger partial charge in [0.1, 0.15) is 0 Å². The summed E-state index contributed by atoms with van der Waals surface area (Å²) < 4.78 is 4.89. The van der Waals surface area contributed by atoms with Crippen LogP contribution in [-0.4, -0.2) is 31.8 Å². The molecule has 1 unspecified atom stereocenters. The molecule has 2 aliphatic rings. The molecule has 1 aliphatic carbocycles. The van der Waals surface area contributed by atoms with E-state index in [4.69, 9.17) is 4.74 Å². The summed E-state index contributed by atoms with van der Waals surface area (Å²) in [5.41, 5.74) is 0. The Morgan fingerprint density at radius 3 is 3.00 bits per heavy atom. The van der Waals surface area contributed by atoms with Gasteiger partial charge >= 0.3 is 6.09 Å². The fourth-order valence-electron chi connectivity index (χ4n) is 2.77. The van der Waals surface area contributed by atoms with Gasteiger partial charge in [0.2, 0.25) is 0 Å². The van der Waals surface area contributed by atoms with Crippen LogP contribution in [0.25, 0.3) is 0 Å². The second-order valence-corrected chi connectivity index (χ2v) is 4.55. The van der Waals surface area contributed by atoms with E-state index in [2.05, 4.69) is 10.6 Å². The van der Waals surface area contributed by atoms with E-state index in [9.17, 15) is 4.79 Å². The molecule has 0 radical (unpaired) electrons. The molecule has 2 N–H and O–H groups in total. The van der Waals surface area contributed by atoms with Gasteiger partial charge in [-0.1, -0.05) is 0 Å². The number of hydrogen-bond acceptors (Lipinski definition) is 3. The summed E-state index contributed by atoms with van der Waals surface area (Å²) >= 11 is 0. The fourth-order valence-corrected chi connectivity index (χ4v) is 2.77. The molecule has 2 rings (SSSR count). The largest absolute Gasteiger partial charge is 0.450 e. The summed E-state index contributed by atoms with van der Waals surface area (Å²) in [4.78, 5) is 11.3. The van der Waals surface area contributed by atoms with Crippen molar-refractivity contribution in [2.24, 2.45) is 11.8 Å². The molecule has 4 heteroatoms. The summed E-state index contributed by atoms with van der Waals surface area (Å²) in [5.74, 6) is 1.59. The van der Waals surface area contributed by atoms with Crippen LogP contribution < -0.4 is 10.6 Å². The zero-order valence-electron chi connectivity index (χ0n) is 9.29. The summed E-state index contributed by atoms with van der Waals surface area (Å²) in [7, 11) is 0. The van der Waals surface area contributed by atoms with E-state index < -0.39 is 0 Å². The third-order valence-electron chi connectivity index (χ3n) is 3.55. The highest BCUT2D eigenvalue weighted by molar-refractivity contribution is 5.67. The number of fused-ring (bicyclic) bond motifs is 1. The second-order valence-electron chi connectivity index (χ2n) is 4.55. The first-order valence-corrected chi connectivity index (χ1v) is 5.93. The Kier molecular flexibility index (Phi) is 3.46. The molecule has 0 aromatic carbocycles. The zero-order chi connectivity index (χ0) is 10.7. The van der Waals surface area contributed by atoms with Crippen LogP contribution in [0.15, 0.2) is 0 Å². The highest BCUT2D eigenvalue weighted by Crippen LogP contribution is 2.32. The molecule has 15 heavy (non-hydrogen) atoms. The van der Waals surface area contributed by atoms with Gasteiger partial charge in [0.05, 0.1) is 6.61 Å². The minimum Gasteiger partial charge on any atom is -0.450 e. The van der Waals surface area contributed by atoms with E-state index in [-0.39, 0.29) is 6.09 Å². The van der Waals surface area contributed by atoms with Gasteiger partial charge < -0.3 is 15.4 Å². The van der Waals surface area contributed by atoms with Gasteiger partial charge in [0.15, 0.2) is 0 Å². The van der Waals surface area contributed by atoms with E-state index >= 15 is 0 Å². The summed E-state index contributed by atoms with van der Waals surface area (Å²) in [6, 6.07) is 0.324. The van der Waals surface area contributed by atoms with E-state index in [1.807, 2.05) is 6.92 Å². The molecule has 86 valence electrons. The summed E-state index contributed by atoms with van der Waals surface area (Å²) in [6.07, 6.45) is 3.18. The molecule has 0 aromatic rings. The molecule has 1 heterocycles. The molecule has 0 spiro atoms. The number of hydrogen-bond donors (Lipinski definition) is 2. The molecule has 1 saturated carbocycles. The first-order chi connectivity index (χ1) is 7.29. The van der Waals surface area contributed by atoms with Gasteiger partial charge in [-0.3, -0.25) is 0 Å². The van der Waals surface area contributed by atoms with Crippen LogP contribution in [0.4, 0.5) is 4.79 Å². The van der Waals surface area contributed by atoms with Gasteiger partial charge in [-0.15, -0.1) is 0 Å². The molecule has 0 bridgehead atoms. The van der Waals surface area contributed by atoms with Crippen LogP contribution in [0.1, 0.15) is 26.2 Å². The monoisotopic (exact) mass is 212 g/mol. The van der Waals surface area contributed by atoms with Crippen molar-refractivity contribution in [2.45, 2.75) is 32.2 Å². The highest BCUT2D eigenvalue weighted by Gasteiger charge is 2.34. The lowest BCUT2D eigenvalue weighted by Gasteiger charge is -2.31. The van der Waals surface area contributed by atoms with Crippen LogP contribution in [0, 0.1) is 11.8 Å². The lowest BCUT2D eigenvalue weighted by atomic mass is 9.79. The van der Waals surface area contributed by atoms with E-state index in [0.29, 0.717) is 12.6 Å². The number of carbonyl (C=O) groups excluding carboxylic acids is 1. The van der Waals surface area contributed by atoms with E-state index in [1.54, 1.807) is 0 Å². The lowest BCUT2D eigenvalue weighted by Crippen LogP contribution is -2.40. The van der Waals surface area contributed by atoms with Crippen LogP contribution in [0.3, 0.4) is 0 Å². The molecule has 1 saturated heterocycles. The fraction of sp³-hybridized carbons (Fsp3) is 0.909. The average molecular weight is 212 g/mol. The Hall–Kier alpha value is -0.770. The number of amides is 1. The van der Waals surface area contributed by atoms with Gasteiger partial charge in [-0.05, 0) is 51.1 Å². The van der Waals surface area contributed by atoms with E-state index in [1.165, 1.54) is 6.42 Å². The Balaban J connectivity index is 1.77. The molecule has 4 nitrogen and oxygen atoms in total. The Morgan fingerprint density at radius 2 is 2.20 bits per heavy atom. The third kappa shape index (κ3) is 2.62. The van der Waals surface area contributed by atoms with Gasteiger partial charge in [0.25, 0.3) is 0 Å². The smallest absolute Gasteiger partial charge is 0.407 e. The van der Waals surface area contributed by atoms with Crippen LogP contribution >= 0.6 is 0 Å². The Morgan fingerprint density at radius 1 is 1.40 bits per heavy atom. The minimum absolute atomic E-state index is 0.257. The Bertz CT molecular complexity index is 233. The first kappa shape index (κ1) is 10.7. The maximum absolute atomic E-state index is 11.3. The molecule has 1 aliphatic heterocycles. The van der Waals surface area contributed by atoms with E-state index in [0.717, 1.165) is 37.8 Å². The van der Waals surface area contributed by atoms with Crippen molar-refractivity contribution in [2.75, 3.05) is 19.7 Å². The average Bonchev–Trinajstić information content (AvgIpc) is 2.65. The van der Waals surface area contributed by atoms with Crippen molar-refractivity contribution in [3.8, 4) is 0 Å². The predicted octanol–water partition coefficient (Wildman–Crippen LogP) is 1.12. The maximum Gasteiger partial charge on any atom is 0.407 e. The summed E-state index contributed by atoms with van der Waals surface area (Å²) in [5, 5.41) is 6.36. The van der Waals surface area contributed by atoms with Crippen molar-refractivity contribution in [3.63, 3.8) is 0 Å². The molecule has 2 fully saturated rings. The maximum atomic E-state index is 11.3. The van der Waals surface area contributed by atoms with Gasteiger partial charge in [-0.2, -0.15) is 0 Å². The third-order valence-corrected chi connectivity index (χ3v) is 3.55. The molecular formula is C11H20N2O2.